The molecule has 36 heavy (non-hydrogen) atoms. The molecule has 11 heteroatoms. The molecule has 0 bridgehead atoms. The first-order valence-corrected chi connectivity index (χ1v) is 11.4. The molecule has 1 amide bonds. The topological polar surface area (TPSA) is 126 Å². The normalized spacial score (nSPS) is 12.1. The van der Waals surface area contributed by atoms with Crippen LogP contribution in [0.5, 0.6) is 0 Å². The molecule has 0 fully saturated rings. The summed E-state index contributed by atoms with van der Waals surface area (Å²) < 4.78 is 20.8. The third kappa shape index (κ3) is 4.68. The first-order valence-electron chi connectivity index (χ1n) is 11.4. The smallest absolute Gasteiger partial charge is 0.411 e. The van der Waals surface area contributed by atoms with Gasteiger partial charge in [-0.3, -0.25) is 10.4 Å². The number of hydrogen-bond acceptors (Lipinski definition) is 7. The van der Waals surface area contributed by atoms with E-state index < -0.39 is 6.09 Å². The van der Waals surface area contributed by atoms with E-state index in [-0.39, 0.29) is 18.5 Å². The number of anilines is 3. The Morgan fingerprint density at radius 2 is 2.17 bits per heavy atom. The van der Waals surface area contributed by atoms with Crippen LogP contribution in [0.15, 0.2) is 61.2 Å². The van der Waals surface area contributed by atoms with Crippen molar-refractivity contribution in [3.8, 4) is 0 Å². The van der Waals surface area contributed by atoms with Gasteiger partial charge < -0.3 is 15.4 Å². The van der Waals surface area contributed by atoms with E-state index in [0.29, 0.717) is 23.6 Å². The first kappa shape index (κ1) is 23.2. The molecule has 0 spiro atoms. The van der Waals surface area contributed by atoms with Gasteiger partial charge in [-0.2, -0.15) is 10.2 Å². The van der Waals surface area contributed by atoms with Crippen molar-refractivity contribution in [3.05, 3.63) is 78.1 Å². The molecule has 1 atom stereocenters. The monoisotopic (exact) mass is 488 g/mol. The van der Waals surface area contributed by atoms with E-state index in [9.17, 15) is 9.18 Å². The molecule has 3 aromatic heterocycles. The molecular weight excluding hydrogens is 463 g/mol. The van der Waals surface area contributed by atoms with Crippen molar-refractivity contribution in [2.75, 3.05) is 16.8 Å². The van der Waals surface area contributed by atoms with Crippen molar-refractivity contribution in [3.63, 3.8) is 0 Å². The number of benzene rings is 2. The number of hydrogen-bond donors (Lipinski definition) is 3. The van der Waals surface area contributed by atoms with Gasteiger partial charge in [0.05, 0.1) is 23.6 Å². The number of fused-ring (bicyclic) bond motifs is 2. The number of amides is 1. The minimum atomic E-state index is -0.608. The molecule has 5 rings (SSSR count). The number of nitrogens with zero attached hydrogens (tertiary/aromatic N) is 5. The van der Waals surface area contributed by atoms with Gasteiger partial charge in [-0.1, -0.05) is 12.1 Å². The molecule has 0 aliphatic carbocycles. The quantitative estimate of drug-likeness (QED) is 0.312. The molecule has 3 heterocycles. The van der Waals surface area contributed by atoms with Gasteiger partial charge >= 0.3 is 6.09 Å². The van der Waals surface area contributed by atoms with Crippen LogP contribution in [0, 0.1) is 12.7 Å². The van der Waals surface area contributed by atoms with Crippen LogP contribution in [-0.4, -0.2) is 43.5 Å². The highest BCUT2D eigenvalue weighted by Crippen LogP contribution is 2.35. The fourth-order valence-corrected chi connectivity index (χ4v) is 4.02. The van der Waals surface area contributed by atoms with Gasteiger partial charge in [0.15, 0.2) is 5.82 Å². The van der Waals surface area contributed by atoms with E-state index >= 15 is 0 Å². The summed E-state index contributed by atoms with van der Waals surface area (Å²) in [4.78, 5) is 18.8. The maximum absolute atomic E-state index is 14.0. The highest BCUT2D eigenvalue weighted by molar-refractivity contribution is 5.91. The van der Waals surface area contributed by atoms with Crippen molar-refractivity contribution in [1.29, 1.82) is 0 Å². The summed E-state index contributed by atoms with van der Waals surface area (Å²) in [5.74, 6) is 0.271. The zero-order valence-electron chi connectivity index (χ0n) is 19.8. The van der Waals surface area contributed by atoms with Gasteiger partial charge in [0.25, 0.3) is 0 Å². The predicted molar refractivity (Wildman–Crippen MR) is 135 cm³/mol. The molecule has 0 aliphatic heterocycles. The van der Waals surface area contributed by atoms with Crippen LogP contribution in [0.4, 0.5) is 26.4 Å². The van der Waals surface area contributed by atoms with E-state index in [1.165, 1.54) is 18.5 Å². The molecule has 0 radical (unpaired) electrons. The SMILES string of the molecule is Cc1c(NC(=O)OC[C@H](C)N)cn2ncnc(N(Cc3cccc(F)c3)c3ccc4[nH]ncc4c3)c12. The van der Waals surface area contributed by atoms with Crippen molar-refractivity contribution < 1.29 is 13.9 Å². The third-order valence-electron chi connectivity index (χ3n) is 5.74. The molecular formula is C25H25FN8O2. The minimum absolute atomic E-state index is 0.0984. The van der Waals surface area contributed by atoms with Gasteiger partial charge in [-0.15, -0.1) is 0 Å². The predicted octanol–water partition coefficient (Wildman–Crippen LogP) is 4.29. The van der Waals surface area contributed by atoms with Crippen molar-refractivity contribution in [1.82, 2.24) is 24.8 Å². The molecule has 2 aromatic carbocycles. The number of aromatic amines is 1. The summed E-state index contributed by atoms with van der Waals surface area (Å²) in [7, 11) is 0. The van der Waals surface area contributed by atoms with E-state index in [1.54, 1.807) is 29.9 Å². The summed E-state index contributed by atoms with van der Waals surface area (Å²) in [6, 6.07) is 12.0. The fourth-order valence-electron chi connectivity index (χ4n) is 4.02. The first-order chi connectivity index (χ1) is 17.4. The molecule has 0 saturated heterocycles. The fraction of sp³-hybridized carbons (Fsp3) is 0.200. The molecule has 0 aliphatic rings. The Bertz CT molecular complexity index is 1540. The van der Waals surface area contributed by atoms with E-state index in [1.807, 2.05) is 36.1 Å². The Kier molecular flexibility index (Phi) is 6.21. The third-order valence-corrected chi connectivity index (χ3v) is 5.74. The lowest BCUT2D eigenvalue weighted by atomic mass is 10.1. The maximum atomic E-state index is 14.0. The average Bonchev–Trinajstić information content (AvgIpc) is 3.45. The van der Waals surface area contributed by atoms with E-state index in [2.05, 4.69) is 25.6 Å². The second-order valence-electron chi connectivity index (χ2n) is 8.60. The highest BCUT2D eigenvalue weighted by Gasteiger charge is 2.21. The van der Waals surface area contributed by atoms with Crippen LogP contribution in [0.1, 0.15) is 18.1 Å². The number of nitrogens with one attached hydrogen (secondary N) is 2. The second kappa shape index (κ2) is 9.62. The van der Waals surface area contributed by atoms with Crippen LogP contribution in [0.2, 0.25) is 0 Å². The summed E-state index contributed by atoms with van der Waals surface area (Å²) in [5.41, 5.74) is 10.1. The number of aryl methyl sites for hydroxylation is 1. The van der Waals surface area contributed by atoms with Crippen LogP contribution < -0.4 is 16.0 Å². The molecule has 184 valence electrons. The van der Waals surface area contributed by atoms with Gasteiger partial charge in [-0.05, 0) is 49.7 Å². The number of carbonyl (C=O) groups is 1. The summed E-state index contributed by atoms with van der Waals surface area (Å²) in [5, 5.41) is 15.1. The van der Waals surface area contributed by atoms with Crippen LogP contribution in [0.25, 0.3) is 16.4 Å². The number of carbonyl (C=O) groups excluding carboxylic acids is 1. The highest BCUT2D eigenvalue weighted by atomic mass is 19.1. The average molecular weight is 489 g/mol. The molecule has 0 unspecified atom stereocenters. The Balaban J connectivity index is 1.59. The summed E-state index contributed by atoms with van der Waals surface area (Å²) in [6.45, 7) is 4.06. The lowest BCUT2D eigenvalue weighted by molar-refractivity contribution is 0.156. The minimum Gasteiger partial charge on any atom is -0.448 e. The van der Waals surface area contributed by atoms with Crippen molar-refractivity contribution in [2.45, 2.75) is 26.4 Å². The van der Waals surface area contributed by atoms with Gasteiger partial charge in [0.2, 0.25) is 0 Å². The molecule has 0 saturated carbocycles. The largest absolute Gasteiger partial charge is 0.448 e. The van der Waals surface area contributed by atoms with Gasteiger partial charge in [0, 0.05) is 29.2 Å². The lowest BCUT2D eigenvalue weighted by Gasteiger charge is -2.25. The number of ether oxygens (including phenoxy) is 1. The zero-order valence-corrected chi connectivity index (χ0v) is 19.8. The molecule has 10 nitrogen and oxygen atoms in total. The Hall–Kier alpha value is -4.51. The Morgan fingerprint density at radius 1 is 1.31 bits per heavy atom. The lowest BCUT2D eigenvalue weighted by Crippen LogP contribution is -2.26. The zero-order chi connectivity index (χ0) is 25.2. The van der Waals surface area contributed by atoms with Crippen LogP contribution in [0.3, 0.4) is 0 Å². The Labute approximate surface area is 205 Å². The van der Waals surface area contributed by atoms with Gasteiger partial charge in [0.1, 0.15) is 24.3 Å². The number of H-pyrrole nitrogens is 1. The van der Waals surface area contributed by atoms with Gasteiger partial charge in [-0.25, -0.2) is 18.7 Å². The van der Waals surface area contributed by atoms with Crippen LogP contribution >= 0.6 is 0 Å². The molecule has 4 N–H and O–H groups in total. The van der Waals surface area contributed by atoms with E-state index in [0.717, 1.165) is 27.7 Å². The number of halogens is 1. The standard InChI is InChI=1S/C25H25FN8O2/c1-15(27)13-36-25(35)31-22-12-34-23(16(22)2)24(28-14-30-34)33(11-17-4-3-5-19(26)8-17)20-6-7-21-18(9-20)10-29-32-21/h3-10,12,14-15H,11,13,27H2,1-2H3,(H,29,32)(H,31,35)/t15-/m0/s1. The maximum Gasteiger partial charge on any atom is 0.411 e. The summed E-state index contributed by atoms with van der Waals surface area (Å²) >= 11 is 0. The summed E-state index contributed by atoms with van der Waals surface area (Å²) in [6.07, 6.45) is 4.27. The second-order valence-corrected chi connectivity index (χ2v) is 8.60. The number of rotatable bonds is 7. The van der Waals surface area contributed by atoms with Crippen molar-refractivity contribution in [2.24, 2.45) is 5.73 Å². The van der Waals surface area contributed by atoms with E-state index in [4.69, 9.17) is 10.5 Å². The Morgan fingerprint density at radius 3 is 2.97 bits per heavy atom. The molecule has 5 aromatic rings. The van der Waals surface area contributed by atoms with Crippen molar-refractivity contribution >= 4 is 39.7 Å². The van der Waals surface area contributed by atoms with Crippen LogP contribution in [-0.2, 0) is 11.3 Å². The number of nitrogens with two attached hydrogens (primary N) is 1. The number of aromatic nitrogens is 5.